The van der Waals surface area contributed by atoms with Crippen molar-refractivity contribution in [1.29, 1.82) is 0 Å². The number of hydrogen-bond donors (Lipinski definition) is 0. The molecule has 4 rings (SSSR count). The summed E-state index contributed by atoms with van der Waals surface area (Å²) in [6, 6.07) is 18.1. The zero-order valence-corrected chi connectivity index (χ0v) is 19.2. The molecule has 4 heteroatoms. The summed E-state index contributed by atoms with van der Waals surface area (Å²) < 4.78 is 1.57. The third kappa shape index (κ3) is 3.44. The van der Waals surface area contributed by atoms with E-state index in [1.807, 2.05) is 0 Å². The van der Waals surface area contributed by atoms with Gasteiger partial charge in [-0.2, -0.15) is 0 Å². The van der Waals surface area contributed by atoms with E-state index in [9.17, 15) is 0 Å². The van der Waals surface area contributed by atoms with Crippen molar-refractivity contribution in [2.75, 3.05) is 0 Å². The van der Waals surface area contributed by atoms with Gasteiger partial charge in [-0.25, -0.2) is 0 Å². The van der Waals surface area contributed by atoms with Crippen molar-refractivity contribution >= 4 is 42.9 Å². The Bertz CT molecular complexity index is 708. The molecule has 2 aliphatic rings. The van der Waals surface area contributed by atoms with Crippen LogP contribution in [0.1, 0.15) is 29.5 Å². The SMILES string of the molecule is C[SiH](C)[Zr]([CH]1C=Cc2ccccc21)[CH]1C=Cc2ccccc21.Cl.Cl. The molecule has 0 nitrogen and oxygen atoms in total. The second-order valence-corrected chi connectivity index (χ2v) is 26.9. The van der Waals surface area contributed by atoms with Gasteiger partial charge in [-0.3, -0.25) is 0 Å². The molecule has 0 heterocycles. The Labute approximate surface area is 166 Å². The second kappa shape index (κ2) is 8.32. The van der Waals surface area contributed by atoms with Gasteiger partial charge >= 0.3 is 142 Å². The fraction of sp³-hybridized carbons (Fsp3) is 0.200. The Balaban J connectivity index is 0.00000104. The summed E-state index contributed by atoms with van der Waals surface area (Å²) in [7, 11) is 0. The van der Waals surface area contributed by atoms with Crippen molar-refractivity contribution < 1.29 is 20.9 Å². The summed E-state index contributed by atoms with van der Waals surface area (Å²) in [5, 5.41) is 0. The van der Waals surface area contributed by atoms with Crippen molar-refractivity contribution in [3.8, 4) is 0 Å². The van der Waals surface area contributed by atoms with Crippen LogP contribution in [-0.2, 0) is 20.9 Å². The third-order valence-electron chi connectivity index (χ3n) is 4.98. The molecule has 2 atom stereocenters. The Morgan fingerprint density at radius 2 is 1.12 bits per heavy atom. The third-order valence-corrected chi connectivity index (χ3v) is 26.4. The number of hydrogen-bond acceptors (Lipinski definition) is 0. The van der Waals surface area contributed by atoms with Crippen LogP contribution < -0.4 is 0 Å². The van der Waals surface area contributed by atoms with Crippen molar-refractivity contribution in [1.82, 2.24) is 0 Å². The molecule has 2 aromatic rings. The summed E-state index contributed by atoms with van der Waals surface area (Å²) in [4.78, 5) is 0. The van der Waals surface area contributed by atoms with Crippen molar-refractivity contribution in [3.63, 3.8) is 0 Å². The van der Waals surface area contributed by atoms with Gasteiger partial charge in [0.1, 0.15) is 0 Å². The average molecular weight is 454 g/mol. The Morgan fingerprint density at radius 1 is 0.708 bits per heavy atom. The first-order valence-electron chi connectivity index (χ1n) is 8.16. The number of benzene rings is 2. The van der Waals surface area contributed by atoms with Crippen LogP contribution in [0.5, 0.6) is 0 Å². The summed E-state index contributed by atoms with van der Waals surface area (Å²) in [6.07, 6.45) is 9.84. The number of rotatable bonds is 3. The van der Waals surface area contributed by atoms with Crippen LogP contribution in [0.15, 0.2) is 60.7 Å². The fourth-order valence-electron chi connectivity index (χ4n) is 3.99. The molecule has 2 unspecified atom stereocenters. The Hall–Kier alpha value is -0.400. The van der Waals surface area contributed by atoms with Crippen LogP contribution in [0.3, 0.4) is 0 Å². The van der Waals surface area contributed by atoms with E-state index < -0.39 is 26.8 Å². The minimum atomic E-state index is -1.62. The topological polar surface area (TPSA) is 0 Å². The smallest absolute Gasteiger partial charge is 0.147 e. The van der Waals surface area contributed by atoms with Gasteiger partial charge in [-0.05, 0) is 0 Å². The minimum Gasteiger partial charge on any atom is -0.147 e. The van der Waals surface area contributed by atoms with E-state index in [4.69, 9.17) is 0 Å². The fourth-order valence-corrected chi connectivity index (χ4v) is 25.0. The van der Waals surface area contributed by atoms with E-state index >= 15 is 0 Å². The maximum atomic E-state index is 2.60. The van der Waals surface area contributed by atoms with Crippen molar-refractivity contribution in [3.05, 3.63) is 82.9 Å². The summed E-state index contributed by atoms with van der Waals surface area (Å²) in [5.74, 6) is -0.615. The molecular formula is C20H23Cl2SiZr. The van der Waals surface area contributed by atoms with Crippen LogP contribution in [-0.4, -0.2) is 5.92 Å². The molecule has 24 heavy (non-hydrogen) atoms. The molecule has 0 aromatic heterocycles. The normalized spacial score (nSPS) is 19.5. The van der Waals surface area contributed by atoms with Crippen LogP contribution >= 0.6 is 24.8 Å². The standard InChI is InChI=1S/2C9H7.C2H7Si.2ClH.Zr/c2*1-2-5-9-7-3-6-8(9)4-1;1-3-2;;;/h2*1-7H;3H,1-2H3;2*1H;. The van der Waals surface area contributed by atoms with E-state index in [-0.39, 0.29) is 24.8 Å². The molecule has 0 saturated heterocycles. The second-order valence-electron chi connectivity index (χ2n) is 6.59. The van der Waals surface area contributed by atoms with E-state index in [2.05, 4.69) is 85.9 Å². The molecule has 0 amide bonds. The van der Waals surface area contributed by atoms with Gasteiger partial charge in [-0.1, -0.05) is 0 Å². The number of halogens is 2. The maximum absolute atomic E-state index is 2.60. The van der Waals surface area contributed by atoms with Crippen LogP contribution in [0.25, 0.3) is 12.2 Å². The predicted molar refractivity (Wildman–Crippen MR) is 110 cm³/mol. The quantitative estimate of drug-likeness (QED) is 0.503. The zero-order valence-electron chi connectivity index (χ0n) is 14.0. The monoisotopic (exact) mass is 451 g/mol. The Morgan fingerprint density at radius 3 is 1.54 bits per heavy atom. The molecule has 0 aliphatic heterocycles. The van der Waals surface area contributed by atoms with Gasteiger partial charge in [-0.15, -0.1) is 24.8 Å². The number of fused-ring (bicyclic) bond motifs is 2. The van der Waals surface area contributed by atoms with Gasteiger partial charge in [0.25, 0.3) is 0 Å². The van der Waals surface area contributed by atoms with Gasteiger partial charge in [0, 0.05) is 0 Å². The zero-order chi connectivity index (χ0) is 15.1. The summed E-state index contributed by atoms with van der Waals surface area (Å²) in [6.45, 7) is 5.19. The molecule has 0 radical (unpaired) electrons. The van der Waals surface area contributed by atoms with Gasteiger partial charge in [0.15, 0.2) is 0 Å². The van der Waals surface area contributed by atoms with Crippen LogP contribution in [0, 0.1) is 0 Å². The molecule has 0 saturated carbocycles. The molecule has 0 bridgehead atoms. The van der Waals surface area contributed by atoms with Gasteiger partial charge < -0.3 is 0 Å². The molecule has 2 aliphatic carbocycles. The van der Waals surface area contributed by atoms with E-state index in [0.29, 0.717) is 0 Å². The molecular weight excluding hydrogens is 430 g/mol. The molecule has 0 fully saturated rings. The first-order valence-corrected chi connectivity index (χ1v) is 18.1. The largest absolute Gasteiger partial charge is 0.147 e. The Kier molecular flexibility index (Phi) is 6.90. The van der Waals surface area contributed by atoms with Gasteiger partial charge in [0.2, 0.25) is 0 Å². The maximum Gasteiger partial charge on any atom is -0.147 e. The first-order chi connectivity index (χ1) is 10.8. The van der Waals surface area contributed by atoms with E-state index in [1.54, 1.807) is 11.1 Å². The molecule has 0 spiro atoms. The van der Waals surface area contributed by atoms with Crippen LogP contribution in [0.2, 0.25) is 13.1 Å². The van der Waals surface area contributed by atoms with Gasteiger partial charge in [0.05, 0.1) is 0 Å². The predicted octanol–water partition coefficient (Wildman–Crippen LogP) is 5.97. The summed E-state index contributed by atoms with van der Waals surface area (Å²) >= 11 is -1.62. The average Bonchev–Trinajstić information content (AvgIpc) is 3.13. The number of allylic oxidation sites excluding steroid dienone is 2. The summed E-state index contributed by atoms with van der Waals surface area (Å²) in [5.41, 5.74) is 6.18. The van der Waals surface area contributed by atoms with Crippen molar-refractivity contribution in [2.45, 2.75) is 20.3 Å². The van der Waals surface area contributed by atoms with Crippen molar-refractivity contribution in [2.24, 2.45) is 0 Å². The molecule has 2 aromatic carbocycles. The molecule has 125 valence electrons. The first kappa shape index (κ1) is 19.9. The minimum absolute atomic E-state index is 0. The van der Waals surface area contributed by atoms with Crippen LogP contribution in [0.4, 0.5) is 0 Å². The molecule has 0 N–H and O–H groups in total. The van der Waals surface area contributed by atoms with E-state index in [1.165, 1.54) is 11.1 Å². The van der Waals surface area contributed by atoms with E-state index in [0.717, 1.165) is 7.25 Å².